The van der Waals surface area contributed by atoms with Crippen molar-refractivity contribution in [3.05, 3.63) is 47.8 Å². The average Bonchev–Trinajstić information content (AvgIpc) is 3.09. The number of piperazine rings is 1. The van der Waals surface area contributed by atoms with Crippen molar-refractivity contribution in [2.75, 3.05) is 45.7 Å². The monoisotopic (exact) mass is 511 g/mol. The molecule has 0 aliphatic carbocycles. The summed E-state index contributed by atoms with van der Waals surface area (Å²) in [6.45, 7) is 3.20. The number of aliphatic imine (C=N–C) groups is 1. The summed E-state index contributed by atoms with van der Waals surface area (Å²) in [7, 11) is 7.74. The van der Waals surface area contributed by atoms with Gasteiger partial charge < -0.3 is 20.0 Å². The molecule has 1 aliphatic rings. The van der Waals surface area contributed by atoms with Crippen LogP contribution in [0.4, 0.5) is 5.69 Å². The summed E-state index contributed by atoms with van der Waals surface area (Å²) < 4.78 is 1.71. The fraction of sp³-hybridized carbons (Fsp3) is 0.450. The number of benzene rings is 1. The highest BCUT2D eigenvalue weighted by molar-refractivity contribution is 14.0. The van der Waals surface area contributed by atoms with Gasteiger partial charge in [0, 0.05) is 46.5 Å². The smallest absolute Gasteiger partial charge is 0.246 e. The van der Waals surface area contributed by atoms with Crippen LogP contribution in [0.2, 0.25) is 0 Å². The van der Waals surface area contributed by atoms with Crippen molar-refractivity contribution < 1.29 is 4.79 Å². The van der Waals surface area contributed by atoms with E-state index in [1.165, 1.54) is 11.1 Å². The Morgan fingerprint density at radius 2 is 1.97 bits per heavy atom. The molecule has 1 fully saturated rings. The summed E-state index contributed by atoms with van der Waals surface area (Å²) in [5.74, 6) is 0.800. The van der Waals surface area contributed by atoms with E-state index in [1.807, 2.05) is 18.1 Å². The van der Waals surface area contributed by atoms with Gasteiger partial charge in [0.2, 0.25) is 5.91 Å². The van der Waals surface area contributed by atoms with Crippen LogP contribution in [0.5, 0.6) is 0 Å². The number of halogens is 1. The van der Waals surface area contributed by atoms with E-state index >= 15 is 0 Å². The molecule has 2 aromatic rings. The highest BCUT2D eigenvalue weighted by Gasteiger charge is 2.27. The van der Waals surface area contributed by atoms with Gasteiger partial charge >= 0.3 is 0 Å². The van der Waals surface area contributed by atoms with E-state index in [4.69, 9.17) is 0 Å². The number of anilines is 1. The second kappa shape index (κ2) is 10.6. The predicted molar refractivity (Wildman–Crippen MR) is 127 cm³/mol. The first-order valence-corrected chi connectivity index (χ1v) is 9.44. The topological polar surface area (TPSA) is 69.0 Å². The van der Waals surface area contributed by atoms with E-state index in [9.17, 15) is 4.79 Å². The number of hydrogen-bond acceptors (Lipinski definition) is 4. The summed E-state index contributed by atoms with van der Waals surface area (Å²) >= 11 is 0. The Balaban J connectivity index is 0.00000300. The lowest BCUT2D eigenvalue weighted by Crippen LogP contribution is -2.55. The van der Waals surface area contributed by atoms with Crippen LogP contribution in [0, 0.1) is 0 Å². The highest BCUT2D eigenvalue weighted by Crippen LogP contribution is 2.16. The molecule has 1 N–H and O–H groups in total. The summed E-state index contributed by atoms with van der Waals surface area (Å²) in [6.07, 6.45) is 3.59. The number of amides is 1. The van der Waals surface area contributed by atoms with E-state index in [2.05, 4.69) is 58.7 Å². The van der Waals surface area contributed by atoms with Crippen molar-refractivity contribution in [3.63, 3.8) is 0 Å². The Bertz CT molecular complexity index is 849. The van der Waals surface area contributed by atoms with Crippen LogP contribution in [0.1, 0.15) is 11.1 Å². The zero-order valence-corrected chi connectivity index (χ0v) is 19.8. The number of aryl methyl sites for hydroxylation is 1. The number of carbonyl (C=O) groups is 1. The molecule has 0 unspecified atom stereocenters. The lowest BCUT2D eigenvalue weighted by Gasteiger charge is -2.35. The van der Waals surface area contributed by atoms with Gasteiger partial charge in [0.1, 0.15) is 6.54 Å². The van der Waals surface area contributed by atoms with E-state index in [1.54, 1.807) is 22.8 Å². The van der Waals surface area contributed by atoms with Gasteiger partial charge in [-0.25, -0.2) is 0 Å². The fourth-order valence-electron chi connectivity index (χ4n) is 3.41. The number of guanidine groups is 1. The molecule has 0 saturated carbocycles. The molecule has 1 aromatic carbocycles. The van der Waals surface area contributed by atoms with Crippen LogP contribution in [0.25, 0.3) is 0 Å². The maximum absolute atomic E-state index is 12.6. The molecule has 9 heteroatoms. The summed E-state index contributed by atoms with van der Waals surface area (Å²) in [6, 6.07) is 8.39. The molecule has 0 spiro atoms. The average molecular weight is 511 g/mol. The second-order valence-electron chi connectivity index (χ2n) is 7.25. The van der Waals surface area contributed by atoms with Crippen molar-refractivity contribution >= 4 is 41.5 Å². The molecule has 8 nitrogen and oxygen atoms in total. The normalized spacial score (nSPS) is 14.9. The van der Waals surface area contributed by atoms with Crippen LogP contribution < -0.4 is 10.2 Å². The van der Waals surface area contributed by atoms with Crippen molar-refractivity contribution in [2.24, 2.45) is 12.0 Å². The molecule has 1 saturated heterocycles. The van der Waals surface area contributed by atoms with E-state index in [0.29, 0.717) is 19.6 Å². The van der Waals surface area contributed by atoms with E-state index in [0.717, 1.165) is 24.7 Å². The molecular weight excluding hydrogens is 481 g/mol. The minimum absolute atomic E-state index is 0. The molecule has 3 rings (SSSR count). The van der Waals surface area contributed by atoms with Crippen LogP contribution in [-0.2, 0) is 24.9 Å². The van der Waals surface area contributed by atoms with Gasteiger partial charge in [0.25, 0.3) is 0 Å². The summed E-state index contributed by atoms with van der Waals surface area (Å²) in [4.78, 5) is 23.0. The third-order valence-corrected chi connectivity index (χ3v) is 4.78. The third kappa shape index (κ3) is 5.92. The molecule has 29 heavy (non-hydrogen) atoms. The molecule has 1 aromatic heterocycles. The van der Waals surface area contributed by atoms with Gasteiger partial charge in [-0.05, 0) is 25.2 Å². The Kier molecular flexibility index (Phi) is 8.45. The fourth-order valence-corrected chi connectivity index (χ4v) is 3.41. The summed E-state index contributed by atoms with van der Waals surface area (Å²) in [5, 5.41) is 7.58. The zero-order valence-electron chi connectivity index (χ0n) is 17.5. The minimum atomic E-state index is 0. The number of aromatic nitrogens is 2. The zero-order chi connectivity index (χ0) is 20.1. The summed E-state index contributed by atoms with van der Waals surface area (Å²) in [5.41, 5.74) is 3.36. The Hall–Kier alpha value is -2.14. The Labute approximate surface area is 189 Å². The van der Waals surface area contributed by atoms with Gasteiger partial charge in [-0.3, -0.25) is 14.5 Å². The highest BCUT2D eigenvalue weighted by atomic mass is 127. The number of nitrogens with zero attached hydrogens (tertiary/aromatic N) is 6. The van der Waals surface area contributed by atoms with Crippen LogP contribution in [0.3, 0.4) is 0 Å². The largest absolute Gasteiger partial charge is 0.352 e. The molecular formula is C20H30IN7O. The van der Waals surface area contributed by atoms with Crippen molar-refractivity contribution in [1.29, 1.82) is 0 Å². The van der Waals surface area contributed by atoms with E-state index < -0.39 is 0 Å². The van der Waals surface area contributed by atoms with Crippen LogP contribution >= 0.6 is 24.0 Å². The lowest BCUT2D eigenvalue weighted by molar-refractivity contribution is -0.120. The Morgan fingerprint density at radius 3 is 2.55 bits per heavy atom. The van der Waals surface area contributed by atoms with Gasteiger partial charge in [0.05, 0.1) is 11.9 Å². The molecule has 0 bridgehead atoms. The SMILES string of the molecule is CN=C(NCc1ccccc1CN(C)C)N1CCN(c2cnn(C)c2)C(=O)C1.I. The number of nitrogens with one attached hydrogen (secondary N) is 1. The predicted octanol–water partition coefficient (Wildman–Crippen LogP) is 1.52. The van der Waals surface area contributed by atoms with Gasteiger partial charge in [0.15, 0.2) is 5.96 Å². The molecule has 0 atom stereocenters. The van der Waals surface area contributed by atoms with Crippen LogP contribution in [0.15, 0.2) is 41.7 Å². The first kappa shape index (κ1) is 23.1. The number of hydrogen-bond donors (Lipinski definition) is 1. The minimum Gasteiger partial charge on any atom is -0.352 e. The van der Waals surface area contributed by atoms with Crippen molar-refractivity contribution in [1.82, 2.24) is 24.9 Å². The Morgan fingerprint density at radius 1 is 1.24 bits per heavy atom. The van der Waals surface area contributed by atoms with E-state index in [-0.39, 0.29) is 29.9 Å². The number of carbonyl (C=O) groups excluding carboxylic acids is 1. The maximum atomic E-state index is 12.6. The van der Waals surface area contributed by atoms with Gasteiger partial charge in [-0.2, -0.15) is 5.10 Å². The quantitative estimate of drug-likeness (QED) is 0.375. The maximum Gasteiger partial charge on any atom is 0.246 e. The molecule has 1 aliphatic heterocycles. The van der Waals surface area contributed by atoms with Crippen LogP contribution in [-0.4, -0.2) is 72.2 Å². The van der Waals surface area contributed by atoms with Gasteiger partial charge in [-0.15, -0.1) is 24.0 Å². The first-order valence-electron chi connectivity index (χ1n) is 9.44. The standard InChI is InChI=1S/C20H29N7O.HI/c1-21-20(22-11-16-7-5-6-8-17(16)13-24(2)3)26-9-10-27(19(28)15-26)18-12-23-25(4)14-18;/h5-8,12,14H,9-11,13,15H2,1-4H3,(H,21,22);1H. The van der Waals surface area contributed by atoms with Crippen molar-refractivity contribution in [3.8, 4) is 0 Å². The van der Waals surface area contributed by atoms with Crippen molar-refractivity contribution in [2.45, 2.75) is 13.1 Å². The molecule has 1 amide bonds. The number of rotatable bonds is 5. The molecule has 2 heterocycles. The first-order chi connectivity index (χ1) is 13.5. The molecule has 0 radical (unpaired) electrons. The van der Waals surface area contributed by atoms with Gasteiger partial charge in [-0.1, -0.05) is 24.3 Å². The second-order valence-corrected chi connectivity index (χ2v) is 7.25. The third-order valence-electron chi connectivity index (χ3n) is 4.78. The lowest BCUT2D eigenvalue weighted by atomic mass is 10.1. The molecule has 158 valence electrons.